The molecule has 2 aromatic rings. The molecule has 0 aliphatic carbocycles. The first-order valence-corrected chi connectivity index (χ1v) is 7.84. The van der Waals surface area contributed by atoms with Crippen molar-refractivity contribution in [2.24, 2.45) is 0 Å². The van der Waals surface area contributed by atoms with Gasteiger partial charge < -0.3 is 10.1 Å². The summed E-state index contributed by atoms with van der Waals surface area (Å²) in [5.41, 5.74) is 1.99. The lowest BCUT2D eigenvalue weighted by molar-refractivity contribution is -0.128. The molecule has 3 nitrogen and oxygen atoms in total. The predicted molar refractivity (Wildman–Crippen MR) is 89.0 cm³/mol. The number of hydrogen-bond acceptors (Lipinski definition) is 2. The van der Waals surface area contributed by atoms with Gasteiger partial charge in [0.25, 0.3) is 5.91 Å². The maximum absolute atomic E-state index is 12.8. The van der Waals surface area contributed by atoms with E-state index >= 15 is 0 Å². The molecule has 122 valence electrons. The average Bonchev–Trinajstić information content (AvgIpc) is 2.56. The van der Waals surface area contributed by atoms with Gasteiger partial charge in [0.15, 0.2) is 6.10 Å². The van der Waals surface area contributed by atoms with Crippen LogP contribution in [0.3, 0.4) is 0 Å². The standard InChI is InChI=1S/C19H22FNO2/c1-3-17(23-18-7-5-4-6-14(18)2)19(22)21-13-12-15-8-10-16(20)11-9-15/h4-11,17H,3,12-13H2,1-2H3,(H,21,22)/t17-/m0/s1. The van der Waals surface area contributed by atoms with Gasteiger partial charge >= 0.3 is 0 Å². The van der Waals surface area contributed by atoms with Crippen LogP contribution in [-0.4, -0.2) is 18.6 Å². The van der Waals surface area contributed by atoms with E-state index < -0.39 is 6.10 Å². The largest absolute Gasteiger partial charge is 0.480 e. The Labute approximate surface area is 136 Å². The minimum Gasteiger partial charge on any atom is -0.480 e. The number of aryl methyl sites for hydroxylation is 1. The lowest BCUT2D eigenvalue weighted by Gasteiger charge is -2.18. The molecule has 23 heavy (non-hydrogen) atoms. The number of amides is 1. The first-order valence-electron chi connectivity index (χ1n) is 7.84. The van der Waals surface area contributed by atoms with Gasteiger partial charge in [-0.1, -0.05) is 37.3 Å². The third kappa shape index (κ3) is 5.09. The van der Waals surface area contributed by atoms with Gasteiger partial charge in [0.1, 0.15) is 11.6 Å². The molecule has 2 aromatic carbocycles. The first-order chi connectivity index (χ1) is 11.1. The molecule has 0 spiro atoms. The number of rotatable bonds is 7. The molecule has 0 saturated heterocycles. The predicted octanol–water partition coefficient (Wildman–Crippen LogP) is 3.65. The first kappa shape index (κ1) is 17.0. The molecule has 0 aromatic heterocycles. The van der Waals surface area contributed by atoms with E-state index in [1.807, 2.05) is 38.1 Å². The van der Waals surface area contributed by atoms with Crippen molar-refractivity contribution < 1.29 is 13.9 Å². The summed E-state index contributed by atoms with van der Waals surface area (Å²) in [5.74, 6) is 0.348. The van der Waals surface area contributed by atoms with Crippen LogP contribution < -0.4 is 10.1 Å². The lowest BCUT2D eigenvalue weighted by atomic mass is 10.1. The number of para-hydroxylation sites is 1. The van der Waals surface area contributed by atoms with Gasteiger partial charge in [-0.3, -0.25) is 4.79 Å². The highest BCUT2D eigenvalue weighted by molar-refractivity contribution is 5.81. The molecule has 2 rings (SSSR count). The van der Waals surface area contributed by atoms with Crippen LogP contribution in [0.15, 0.2) is 48.5 Å². The second-order valence-corrected chi connectivity index (χ2v) is 5.45. The fraction of sp³-hybridized carbons (Fsp3) is 0.316. The van der Waals surface area contributed by atoms with Gasteiger partial charge in [0.05, 0.1) is 0 Å². The van der Waals surface area contributed by atoms with E-state index in [1.54, 1.807) is 12.1 Å². The van der Waals surface area contributed by atoms with Crippen LogP contribution >= 0.6 is 0 Å². The minimum atomic E-state index is -0.510. The van der Waals surface area contributed by atoms with Crippen LogP contribution in [0.25, 0.3) is 0 Å². The van der Waals surface area contributed by atoms with Crippen molar-refractivity contribution in [1.82, 2.24) is 5.32 Å². The Hall–Kier alpha value is -2.36. The molecule has 0 unspecified atom stereocenters. The van der Waals surface area contributed by atoms with Crippen molar-refractivity contribution in [2.45, 2.75) is 32.8 Å². The smallest absolute Gasteiger partial charge is 0.261 e. The minimum absolute atomic E-state index is 0.127. The number of carbonyl (C=O) groups excluding carboxylic acids is 1. The van der Waals surface area contributed by atoms with E-state index in [-0.39, 0.29) is 11.7 Å². The summed E-state index contributed by atoms with van der Waals surface area (Å²) in [6.07, 6.45) is 0.744. The second-order valence-electron chi connectivity index (χ2n) is 5.45. The maximum Gasteiger partial charge on any atom is 0.261 e. The van der Waals surface area contributed by atoms with E-state index in [9.17, 15) is 9.18 Å². The molecule has 1 atom stereocenters. The van der Waals surface area contributed by atoms with Gasteiger partial charge in [0.2, 0.25) is 0 Å². The second kappa shape index (κ2) is 8.32. The Morgan fingerprint density at radius 3 is 2.52 bits per heavy atom. The summed E-state index contributed by atoms with van der Waals surface area (Å²) in [5, 5.41) is 2.88. The quantitative estimate of drug-likeness (QED) is 0.847. The topological polar surface area (TPSA) is 38.3 Å². The van der Waals surface area contributed by atoms with Crippen LogP contribution in [0.2, 0.25) is 0 Å². The normalized spacial score (nSPS) is 11.8. The highest BCUT2D eigenvalue weighted by atomic mass is 19.1. The average molecular weight is 315 g/mol. The zero-order valence-electron chi connectivity index (χ0n) is 13.5. The van der Waals surface area contributed by atoms with E-state index in [0.717, 1.165) is 16.9 Å². The SMILES string of the molecule is CC[C@H](Oc1ccccc1C)C(=O)NCCc1ccc(F)cc1. The zero-order chi connectivity index (χ0) is 16.7. The number of hydrogen-bond donors (Lipinski definition) is 1. The van der Waals surface area contributed by atoms with E-state index in [4.69, 9.17) is 4.74 Å². The van der Waals surface area contributed by atoms with E-state index in [0.29, 0.717) is 19.4 Å². The van der Waals surface area contributed by atoms with Gasteiger partial charge in [-0.05, 0) is 49.1 Å². The summed E-state index contributed by atoms with van der Waals surface area (Å²) in [7, 11) is 0. The molecular weight excluding hydrogens is 293 g/mol. The number of carbonyl (C=O) groups is 1. The molecule has 0 fully saturated rings. The van der Waals surface area contributed by atoms with Crippen LogP contribution in [-0.2, 0) is 11.2 Å². The van der Waals surface area contributed by atoms with E-state index in [1.165, 1.54) is 12.1 Å². The van der Waals surface area contributed by atoms with Crippen LogP contribution in [0.1, 0.15) is 24.5 Å². The van der Waals surface area contributed by atoms with Gasteiger partial charge in [-0.25, -0.2) is 4.39 Å². The summed E-state index contributed by atoms with van der Waals surface area (Å²) in [4.78, 5) is 12.2. The van der Waals surface area contributed by atoms with Crippen molar-refractivity contribution in [3.8, 4) is 5.75 Å². The van der Waals surface area contributed by atoms with Gasteiger partial charge in [0, 0.05) is 6.54 Å². The Morgan fingerprint density at radius 2 is 1.87 bits per heavy atom. The summed E-state index contributed by atoms with van der Waals surface area (Å²) < 4.78 is 18.7. The highest BCUT2D eigenvalue weighted by Gasteiger charge is 2.18. The summed E-state index contributed by atoms with van der Waals surface area (Å²) in [6, 6.07) is 13.9. The Morgan fingerprint density at radius 1 is 1.17 bits per heavy atom. The summed E-state index contributed by atoms with van der Waals surface area (Å²) >= 11 is 0. The lowest BCUT2D eigenvalue weighted by Crippen LogP contribution is -2.39. The number of nitrogens with one attached hydrogen (secondary N) is 1. The van der Waals surface area contributed by atoms with Crippen molar-refractivity contribution in [1.29, 1.82) is 0 Å². The van der Waals surface area contributed by atoms with Crippen molar-refractivity contribution >= 4 is 5.91 Å². The third-order valence-electron chi connectivity index (χ3n) is 3.65. The molecule has 0 saturated carbocycles. The van der Waals surface area contributed by atoms with Crippen LogP contribution in [0.4, 0.5) is 4.39 Å². The third-order valence-corrected chi connectivity index (χ3v) is 3.65. The maximum atomic E-state index is 12.8. The number of halogens is 1. The molecule has 0 bridgehead atoms. The molecule has 0 aliphatic heterocycles. The molecule has 0 radical (unpaired) electrons. The summed E-state index contributed by atoms with van der Waals surface area (Å²) in [6.45, 7) is 4.37. The van der Waals surface area contributed by atoms with Crippen molar-refractivity contribution in [3.63, 3.8) is 0 Å². The van der Waals surface area contributed by atoms with Crippen LogP contribution in [0.5, 0.6) is 5.75 Å². The Kier molecular flexibility index (Phi) is 6.15. The Bertz CT molecular complexity index is 640. The fourth-order valence-corrected chi connectivity index (χ4v) is 2.26. The van der Waals surface area contributed by atoms with Crippen molar-refractivity contribution in [3.05, 3.63) is 65.5 Å². The highest BCUT2D eigenvalue weighted by Crippen LogP contribution is 2.18. The fourth-order valence-electron chi connectivity index (χ4n) is 2.26. The zero-order valence-corrected chi connectivity index (χ0v) is 13.5. The molecule has 1 N–H and O–H groups in total. The molecule has 4 heteroatoms. The number of ether oxygens (including phenoxy) is 1. The molecular formula is C19H22FNO2. The van der Waals surface area contributed by atoms with Gasteiger partial charge in [-0.15, -0.1) is 0 Å². The molecule has 0 heterocycles. The van der Waals surface area contributed by atoms with Crippen molar-refractivity contribution in [2.75, 3.05) is 6.54 Å². The number of benzene rings is 2. The molecule has 0 aliphatic rings. The molecule has 1 amide bonds. The van der Waals surface area contributed by atoms with Crippen LogP contribution in [0, 0.1) is 12.7 Å². The Balaban J connectivity index is 1.85. The van der Waals surface area contributed by atoms with E-state index in [2.05, 4.69) is 5.32 Å². The van der Waals surface area contributed by atoms with Gasteiger partial charge in [-0.2, -0.15) is 0 Å². The monoisotopic (exact) mass is 315 g/mol.